The average molecular weight is 548 g/mol. The van der Waals surface area contributed by atoms with Crippen LogP contribution < -0.4 is 10.2 Å². The number of carbonyl (C=O) groups is 5. The molecular weight excluding hydrogens is 510 g/mol. The molecule has 4 N–H and O–H groups in total. The summed E-state index contributed by atoms with van der Waals surface area (Å²) in [6.07, 6.45) is 1.04. The second-order valence-electron chi connectivity index (χ2n) is 10.3. The van der Waals surface area contributed by atoms with Crippen molar-refractivity contribution in [3.8, 4) is 0 Å². The first-order valence-corrected chi connectivity index (χ1v) is 13.3. The molecule has 1 aromatic carbocycles. The minimum Gasteiger partial charge on any atom is -0.481 e. The monoisotopic (exact) mass is 547 g/mol. The van der Waals surface area contributed by atoms with Crippen LogP contribution in [0.5, 0.6) is 0 Å². The molecule has 1 aliphatic heterocycles. The van der Waals surface area contributed by atoms with E-state index in [-0.39, 0.29) is 12.8 Å². The van der Waals surface area contributed by atoms with Crippen LogP contribution in [0.4, 0.5) is 5.69 Å². The number of ether oxygens (including phenoxy) is 1. The standard InChI is InChI=1S/C27H37N3O9/c1-2-12-29-13-15-30(16-14-29)20-8-6-19(7-9-20)23(34)28-26(10-4-3-5-11-26)25(37)39-22(33)18-27(38,24(35)36)17-21(31)32/h6-9,38H,2-5,10-18H2,1H3,(H,28,34)(H,31,32)(H,35,36). The maximum absolute atomic E-state index is 13.1. The fourth-order valence-corrected chi connectivity index (χ4v) is 5.13. The number of hydrogen-bond acceptors (Lipinski definition) is 9. The van der Waals surface area contributed by atoms with E-state index in [2.05, 4.69) is 22.0 Å². The van der Waals surface area contributed by atoms with Crippen LogP contribution in [0, 0.1) is 0 Å². The molecular formula is C27H37N3O9. The number of piperazine rings is 1. The van der Waals surface area contributed by atoms with Crippen LogP contribution in [-0.4, -0.2) is 93.9 Å². The first-order valence-electron chi connectivity index (χ1n) is 13.3. The molecule has 2 aliphatic rings. The largest absolute Gasteiger partial charge is 0.481 e. The normalized spacial score (nSPS) is 19.0. The van der Waals surface area contributed by atoms with Crippen molar-refractivity contribution >= 4 is 35.5 Å². The van der Waals surface area contributed by atoms with Gasteiger partial charge < -0.3 is 30.3 Å². The summed E-state index contributed by atoms with van der Waals surface area (Å²) >= 11 is 0. The molecule has 214 valence electrons. The second kappa shape index (κ2) is 13.0. The second-order valence-corrected chi connectivity index (χ2v) is 10.3. The molecule has 1 amide bonds. The number of esters is 2. The average Bonchev–Trinajstić information content (AvgIpc) is 2.89. The zero-order valence-corrected chi connectivity index (χ0v) is 22.2. The highest BCUT2D eigenvalue weighted by Crippen LogP contribution is 2.31. The van der Waals surface area contributed by atoms with Gasteiger partial charge in [-0.1, -0.05) is 26.2 Å². The van der Waals surface area contributed by atoms with E-state index >= 15 is 0 Å². The molecule has 1 aromatic rings. The first-order chi connectivity index (χ1) is 18.5. The SMILES string of the molecule is CCCN1CCN(c2ccc(C(=O)NC3(C(=O)OC(=O)CC(O)(CC(=O)O)C(=O)O)CCCCC3)cc2)CC1. The topological polar surface area (TPSA) is 174 Å². The quantitative estimate of drug-likeness (QED) is 0.233. The van der Waals surface area contributed by atoms with Crippen molar-refractivity contribution in [3.05, 3.63) is 29.8 Å². The van der Waals surface area contributed by atoms with Gasteiger partial charge in [0.1, 0.15) is 5.54 Å². The number of carboxylic acids is 2. The van der Waals surface area contributed by atoms with Gasteiger partial charge in [0, 0.05) is 37.4 Å². The van der Waals surface area contributed by atoms with Gasteiger partial charge in [0.15, 0.2) is 5.60 Å². The lowest BCUT2D eigenvalue weighted by Gasteiger charge is -2.36. The van der Waals surface area contributed by atoms with E-state index in [0.717, 1.165) is 51.3 Å². The van der Waals surface area contributed by atoms with Crippen molar-refractivity contribution in [2.75, 3.05) is 37.6 Å². The molecule has 39 heavy (non-hydrogen) atoms. The Bertz CT molecular complexity index is 1060. The van der Waals surface area contributed by atoms with Gasteiger partial charge in [-0.05, 0) is 50.1 Å². The van der Waals surface area contributed by atoms with Crippen LogP contribution >= 0.6 is 0 Å². The van der Waals surface area contributed by atoms with E-state index in [4.69, 9.17) is 9.84 Å². The van der Waals surface area contributed by atoms with E-state index in [1.807, 2.05) is 12.1 Å². The summed E-state index contributed by atoms with van der Waals surface area (Å²) in [5, 5.41) is 30.9. The number of amides is 1. The Morgan fingerprint density at radius 3 is 2.10 bits per heavy atom. The first kappa shape index (κ1) is 30.0. The molecule has 1 aliphatic carbocycles. The molecule has 3 rings (SSSR count). The minimum absolute atomic E-state index is 0.212. The van der Waals surface area contributed by atoms with Crippen LogP contribution in [0.3, 0.4) is 0 Å². The third-order valence-corrected chi connectivity index (χ3v) is 7.34. The number of rotatable bonds is 11. The maximum Gasteiger partial charge on any atom is 0.339 e. The van der Waals surface area contributed by atoms with Gasteiger partial charge in [0.2, 0.25) is 0 Å². The van der Waals surface area contributed by atoms with Gasteiger partial charge in [-0.3, -0.25) is 19.3 Å². The highest BCUT2D eigenvalue weighted by molar-refractivity contribution is 6.01. The Balaban J connectivity index is 1.66. The highest BCUT2D eigenvalue weighted by Gasteiger charge is 2.46. The number of hydrogen-bond donors (Lipinski definition) is 4. The third kappa shape index (κ3) is 7.76. The maximum atomic E-state index is 13.1. The molecule has 12 nitrogen and oxygen atoms in total. The van der Waals surface area contributed by atoms with Crippen molar-refractivity contribution in [2.45, 2.75) is 69.4 Å². The van der Waals surface area contributed by atoms with Gasteiger partial charge in [0.25, 0.3) is 5.91 Å². The zero-order valence-electron chi connectivity index (χ0n) is 22.2. The Morgan fingerprint density at radius 2 is 1.56 bits per heavy atom. The molecule has 12 heteroatoms. The van der Waals surface area contributed by atoms with Gasteiger partial charge in [-0.15, -0.1) is 0 Å². The van der Waals surface area contributed by atoms with Crippen molar-refractivity contribution < 1.29 is 44.0 Å². The smallest absolute Gasteiger partial charge is 0.339 e. The molecule has 1 saturated carbocycles. The summed E-state index contributed by atoms with van der Waals surface area (Å²) in [6, 6.07) is 7.06. The van der Waals surface area contributed by atoms with Crippen molar-refractivity contribution in [3.63, 3.8) is 0 Å². The Labute approximate surface area is 226 Å². The number of aliphatic hydroxyl groups is 1. The molecule has 0 aromatic heterocycles. The minimum atomic E-state index is -2.93. The number of benzene rings is 1. The summed E-state index contributed by atoms with van der Waals surface area (Å²) in [6.45, 7) is 6.95. The summed E-state index contributed by atoms with van der Waals surface area (Å²) < 4.78 is 4.86. The lowest BCUT2D eigenvalue weighted by molar-refractivity contribution is -0.176. The van der Waals surface area contributed by atoms with Gasteiger partial charge >= 0.3 is 23.9 Å². The summed E-state index contributed by atoms with van der Waals surface area (Å²) in [5.74, 6) is -6.55. The van der Waals surface area contributed by atoms with Crippen molar-refractivity contribution in [1.82, 2.24) is 10.2 Å². The fourth-order valence-electron chi connectivity index (χ4n) is 5.13. The number of carbonyl (C=O) groups excluding carboxylic acids is 3. The van der Waals surface area contributed by atoms with Gasteiger partial charge in [-0.25, -0.2) is 9.59 Å². The van der Waals surface area contributed by atoms with E-state index in [9.17, 15) is 34.2 Å². The van der Waals surface area contributed by atoms with Crippen molar-refractivity contribution in [2.24, 2.45) is 0 Å². The van der Waals surface area contributed by atoms with E-state index in [0.29, 0.717) is 18.4 Å². The van der Waals surface area contributed by atoms with E-state index in [1.54, 1.807) is 12.1 Å². The van der Waals surface area contributed by atoms with Crippen LogP contribution in [0.15, 0.2) is 24.3 Å². The lowest BCUT2D eigenvalue weighted by atomic mass is 9.81. The Hall–Kier alpha value is -3.51. The number of carboxylic acid groups (broad SMARTS) is 2. The van der Waals surface area contributed by atoms with E-state index < -0.39 is 53.8 Å². The predicted molar refractivity (Wildman–Crippen MR) is 139 cm³/mol. The highest BCUT2D eigenvalue weighted by atomic mass is 16.6. The number of nitrogens with one attached hydrogen (secondary N) is 1. The summed E-state index contributed by atoms with van der Waals surface area (Å²) in [4.78, 5) is 65.5. The number of nitrogens with zero attached hydrogens (tertiary/aromatic N) is 2. The molecule has 0 bridgehead atoms. The molecule has 0 radical (unpaired) electrons. The predicted octanol–water partition coefficient (Wildman–Crippen LogP) is 1.40. The molecule has 0 spiro atoms. The Kier molecular flexibility index (Phi) is 10.0. The fraction of sp³-hybridized carbons (Fsp3) is 0.593. The van der Waals surface area contributed by atoms with Crippen LogP contribution in [0.2, 0.25) is 0 Å². The molecule has 1 heterocycles. The summed E-state index contributed by atoms with van der Waals surface area (Å²) in [5.41, 5.74) is -3.12. The van der Waals surface area contributed by atoms with Crippen LogP contribution in [0.1, 0.15) is 68.6 Å². The van der Waals surface area contributed by atoms with Gasteiger partial charge in [-0.2, -0.15) is 0 Å². The molecule has 1 atom stereocenters. The van der Waals surface area contributed by atoms with E-state index in [1.165, 1.54) is 0 Å². The number of aliphatic carboxylic acids is 2. The molecule has 1 saturated heterocycles. The molecule has 1 unspecified atom stereocenters. The van der Waals surface area contributed by atoms with Gasteiger partial charge in [0.05, 0.1) is 12.8 Å². The van der Waals surface area contributed by atoms with Crippen LogP contribution in [-0.2, 0) is 23.9 Å². The third-order valence-electron chi connectivity index (χ3n) is 7.34. The number of anilines is 1. The van der Waals surface area contributed by atoms with Crippen LogP contribution in [0.25, 0.3) is 0 Å². The van der Waals surface area contributed by atoms with Crippen molar-refractivity contribution in [1.29, 1.82) is 0 Å². The Morgan fingerprint density at radius 1 is 0.949 bits per heavy atom. The zero-order chi connectivity index (χ0) is 28.6. The molecule has 2 fully saturated rings. The lowest BCUT2D eigenvalue weighted by Crippen LogP contribution is -2.57. The summed E-state index contributed by atoms with van der Waals surface area (Å²) in [7, 11) is 0.